The number of pyridine rings is 3. The van der Waals surface area contributed by atoms with Crippen LogP contribution >= 0.6 is 0 Å². The Morgan fingerprint density at radius 3 is 1.76 bits per heavy atom. The smallest absolute Gasteiger partial charge is 0.354 e. The molecule has 2 aromatic carbocycles. The summed E-state index contributed by atoms with van der Waals surface area (Å²) < 4.78 is 22.0. The quantitative estimate of drug-likeness (QED) is 0.109. The van der Waals surface area contributed by atoms with Crippen LogP contribution in [0.15, 0.2) is 97.5 Å². The Balaban J connectivity index is 0.801. The second-order valence-electron chi connectivity index (χ2n) is 17.6. The van der Waals surface area contributed by atoms with Gasteiger partial charge < -0.3 is 29.1 Å². The minimum atomic E-state index is -1.16. The molecule has 5 aromatic heterocycles. The molecule has 7 aromatic rings. The molecule has 0 radical (unpaired) electrons. The Morgan fingerprint density at radius 2 is 1.23 bits per heavy atom. The number of rotatable bonds is 15. The first-order valence-electron chi connectivity index (χ1n) is 22.5. The highest BCUT2D eigenvalue weighted by atomic mass is 16.5. The van der Waals surface area contributed by atoms with E-state index in [4.69, 9.17) is 14.2 Å². The standard InChI is InChI=1S/C50H53N9O7/c1-31-21-40(64-29-33(3)36-11-7-5-8-12-36)27-58-46(31)52-44(54-58)48(60)56-18-15-35(16-19-56)23-38-25-51-42(50(62)63)24-43(38)66-39-17-20-57(26-39)49(61)45-53-47-32(2)22-41(28-59(47)55-45)65-30-34(4)37-13-9-6-10-14-37/h5-14,21-22,24-25,27-28,33-35,39H,15-20,23,26,29-30H2,1-4H3,(H,62,63)/t33-,34-,39-/m0/s1. The van der Waals surface area contributed by atoms with Crippen LogP contribution < -0.4 is 14.2 Å². The molecular weight excluding hydrogens is 839 g/mol. The van der Waals surface area contributed by atoms with E-state index in [1.54, 1.807) is 37.4 Å². The van der Waals surface area contributed by atoms with Gasteiger partial charge in [-0.3, -0.25) is 9.59 Å². The number of carbonyl (C=O) groups excluding carboxylic acids is 2. The SMILES string of the molecule is Cc1cc(OC[C@H](C)c2ccccc2)cn2nc(C(=O)N3CCC(Cc4cnc(C(=O)O)cc4O[C@H]4CCN(C(=O)c5nc6c(C)cc(OC[C@H](C)c7ccccc7)cn6n5)C4)CC3)nc12. The van der Waals surface area contributed by atoms with Crippen LogP contribution in [0, 0.1) is 19.8 Å². The van der Waals surface area contributed by atoms with E-state index < -0.39 is 5.97 Å². The third kappa shape index (κ3) is 9.67. The monoisotopic (exact) mass is 891 g/mol. The molecule has 0 spiro atoms. The van der Waals surface area contributed by atoms with Crippen molar-refractivity contribution < 1.29 is 33.7 Å². The maximum absolute atomic E-state index is 13.8. The topological polar surface area (TPSA) is 179 Å². The predicted octanol–water partition coefficient (Wildman–Crippen LogP) is 7.24. The van der Waals surface area contributed by atoms with E-state index in [-0.39, 0.29) is 59.6 Å². The molecule has 2 amide bonds. The number of nitrogens with zero attached hydrogens (tertiary/aromatic N) is 9. The lowest BCUT2D eigenvalue weighted by molar-refractivity contribution is 0.0675. The first-order chi connectivity index (χ1) is 31.9. The molecular formula is C50H53N9O7. The molecule has 3 atom stereocenters. The van der Waals surface area contributed by atoms with Crippen molar-refractivity contribution in [3.63, 3.8) is 0 Å². The molecule has 7 heterocycles. The molecule has 1 N–H and O–H groups in total. The zero-order valence-electron chi connectivity index (χ0n) is 37.5. The summed E-state index contributed by atoms with van der Waals surface area (Å²) in [6.45, 7) is 10.8. The minimum Gasteiger partial charge on any atom is -0.491 e. The summed E-state index contributed by atoms with van der Waals surface area (Å²) in [7, 11) is 0. The molecule has 2 aliphatic rings. The van der Waals surface area contributed by atoms with E-state index in [1.165, 1.54) is 17.2 Å². The highest BCUT2D eigenvalue weighted by molar-refractivity contribution is 5.92. The molecule has 2 aliphatic heterocycles. The van der Waals surface area contributed by atoms with Crippen molar-refractivity contribution >= 4 is 29.1 Å². The van der Waals surface area contributed by atoms with Gasteiger partial charge in [-0.15, -0.1) is 10.2 Å². The van der Waals surface area contributed by atoms with E-state index >= 15 is 0 Å². The zero-order chi connectivity index (χ0) is 45.9. The van der Waals surface area contributed by atoms with Crippen LogP contribution in [0.2, 0.25) is 0 Å². The van der Waals surface area contributed by atoms with Crippen molar-refractivity contribution in [2.24, 2.45) is 5.92 Å². The van der Waals surface area contributed by atoms with E-state index in [0.717, 1.165) is 16.7 Å². The lowest BCUT2D eigenvalue weighted by Crippen LogP contribution is -2.39. The molecule has 0 saturated carbocycles. The van der Waals surface area contributed by atoms with Gasteiger partial charge in [-0.05, 0) is 73.4 Å². The van der Waals surface area contributed by atoms with Crippen LogP contribution in [0.5, 0.6) is 17.2 Å². The third-order valence-corrected chi connectivity index (χ3v) is 12.6. The Morgan fingerprint density at radius 1 is 0.712 bits per heavy atom. The van der Waals surface area contributed by atoms with E-state index in [9.17, 15) is 19.5 Å². The van der Waals surface area contributed by atoms with Crippen LogP contribution in [0.1, 0.15) is 104 Å². The van der Waals surface area contributed by atoms with Gasteiger partial charge in [0, 0.05) is 55.7 Å². The molecule has 0 bridgehead atoms. The number of piperidine rings is 1. The Labute approximate surface area is 382 Å². The number of hydrogen-bond donors (Lipinski definition) is 1. The molecule has 0 unspecified atom stereocenters. The van der Waals surface area contributed by atoms with Crippen LogP contribution in [0.4, 0.5) is 0 Å². The van der Waals surface area contributed by atoms with Gasteiger partial charge in [-0.25, -0.2) is 28.8 Å². The molecule has 2 fully saturated rings. The predicted molar refractivity (Wildman–Crippen MR) is 245 cm³/mol. The molecule has 2 saturated heterocycles. The fourth-order valence-electron chi connectivity index (χ4n) is 8.74. The van der Waals surface area contributed by atoms with Gasteiger partial charge in [0.2, 0.25) is 11.6 Å². The average Bonchev–Trinajstić information content (AvgIpc) is 4.11. The summed E-state index contributed by atoms with van der Waals surface area (Å²) in [6.07, 6.45) is 7.24. The van der Waals surface area contributed by atoms with Crippen LogP contribution in [-0.2, 0) is 6.42 Å². The average molecular weight is 892 g/mol. The van der Waals surface area contributed by atoms with Crippen molar-refractivity contribution in [1.29, 1.82) is 0 Å². The molecule has 9 rings (SSSR count). The number of carboxylic acids is 1. The van der Waals surface area contributed by atoms with Crippen LogP contribution in [0.3, 0.4) is 0 Å². The summed E-state index contributed by atoms with van der Waals surface area (Å²) in [6, 6.07) is 25.7. The number of carboxylic acid groups (broad SMARTS) is 1. The van der Waals surface area contributed by atoms with Gasteiger partial charge >= 0.3 is 5.97 Å². The van der Waals surface area contributed by atoms with Gasteiger partial charge in [-0.1, -0.05) is 74.5 Å². The number of aromatic nitrogens is 7. The largest absolute Gasteiger partial charge is 0.491 e. The van der Waals surface area contributed by atoms with Crippen molar-refractivity contribution in [3.8, 4) is 17.2 Å². The van der Waals surface area contributed by atoms with Crippen LogP contribution in [-0.4, -0.2) is 112 Å². The fraction of sp³-hybridized carbons (Fsp3) is 0.360. The number of aromatic carboxylic acids is 1. The number of aryl methyl sites for hydroxylation is 2. The maximum Gasteiger partial charge on any atom is 0.354 e. The maximum atomic E-state index is 13.8. The highest BCUT2D eigenvalue weighted by Crippen LogP contribution is 2.31. The summed E-state index contributed by atoms with van der Waals surface area (Å²) in [5, 5.41) is 18.9. The summed E-state index contributed by atoms with van der Waals surface area (Å²) in [5.41, 5.74) is 5.88. The third-order valence-electron chi connectivity index (χ3n) is 12.6. The summed E-state index contributed by atoms with van der Waals surface area (Å²) in [4.78, 5) is 56.3. The number of ether oxygens (including phenoxy) is 3. The van der Waals surface area contributed by atoms with E-state index in [2.05, 4.69) is 63.3 Å². The first-order valence-corrected chi connectivity index (χ1v) is 22.5. The zero-order valence-corrected chi connectivity index (χ0v) is 37.5. The molecule has 66 heavy (non-hydrogen) atoms. The van der Waals surface area contributed by atoms with Crippen molar-refractivity contribution in [2.45, 2.75) is 71.3 Å². The number of benzene rings is 2. The molecule has 0 aliphatic carbocycles. The van der Waals surface area contributed by atoms with E-state index in [0.29, 0.717) is 87.1 Å². The van der Waals surface area contributed by atoms with Crippen LogP contribution in [0.25, 0.3) is 11.3 Å². The van der Waals surface area contributed by atoms with Gasteiger partial charge in [0.05, 0.1) is 32.2 Å². The molecule has 340 valence electrons. The lowest BCUT2D eigenvalue weighted by atomic mass is 9.90. The van der Waals surface area contributed by atoms with E-state index in [1.807, 2.05) is 62.4 Å². The first kappa shape index (κ1) is 43.9. The Kier molecular flexibility index (Phi) is 12.6. The number of fused-ring (bicyclic) bond motifs is 2. The summed E-state index contributed by atoms with van der Waals surface area (Å²) >= 11 is 0. The van der Waals surface area contributed by atoms with Gasteiger partial charge in [0.1, 0.15) is 23.4 Å². The number of likely N-dealkylation sites (tertiary alicyclic amines) is 2. The minimum absolute atomic E-state index is 0.0757. The number of amides is 2. The molecule has 16 nitrogen and oxygen atoms in total. The van der Waals surface area contributed by atoms with Crippen molar-refractivity contribution in [3.05, 3.63) is 143 Å². The van der Waals surface area contributed by atoms with Gasteiger partial charge in [-0.2, -0.15) is 0 Å². The van der Waals surface area contributed by atoms with Gasteiger partial charge in [0.15, 0.2) is 17.0 Å². The normalized spacial score (nSPS) is 16.4. The van der Waals surface area contributed by atoms with Gasteiger partial charge in [0.25, 0.3) is 11.8 Å². The lowest BCUT2D eigenvalue weighted by Gasteiger charge is -2.31. The fourth-order valence-corrected chi connectivity index (χ4v) is 8.74. The second-order valence-corrected chi connectivity index (χ2v) is 17.6. The molecule has 16 heteroatoms. The summed E-state index contributed by atoms with van der Waals surface area (Å²) in [5.74, 6) is 0.789. The van der Waals surface area contributed by atoms with Crippen molar-refractivity contribution in [1.82, 2.24) is 44.0 Å². The van der Waals surface area contributed by atoms with Crippen molar-refractivity contribution in [2.75, 3.05) is 39.4 Å². The number of hydrogen-bond acceptors (Lipinski definition) is 11. The number of carbonyl (C=O) groups is 3. The second kappa shape index (κ2) is 19.0. The Bertz CT molecular complexity index is 2880. The highest BCUT2D eigenvalue weighted by Gasteiger charge is 2.33. The Hall–Kier alpha value is -7.36.